The van der Waals surface area contributed by atoms with Crippen LogP contribution in [0.3, 0.4) is 0 Å². The Morgan fingerprint density at radius 3 is 2.67 bits per heavy atom. The van der Waals surface area contributed by atoms with Gasteiger partial charge in [-0.25, -0.2) is 8.42 Å². The molecule has 146 valence electrons. The molecule has 1 aliphatic carbocycles. The maximum Gasteiger partial charge on any atom is 0.266 e. The summed E-state index contributed by atoms with van der Waals surface area (Å²) in [6.45, 7) is 2.14. The minimum Gasteiger partial charge on any atom is -0.497 e. The smallest absolute Gasteiger partial charge is 0.266 e. The number of methoxy groups -OCH3 is 2. The molecule has 0 saturated heterocycles. The molecule has 1 aliphatic rings. The van der Waals surface area contributed by atoms with Gasteiger partial charge in [0.15, 0.2) is 0 Å². The van der Waals surface area contributed by atoms with Crippen LogP contribution in [0.5, 0.6) is 11.5 Å². The number of hydrogen-bond donors (Lipinski definition) is 2. The second-order valence-electron chi connectivity index (χ2n) is 6.54. The van der Waals surface area contributed by atoms with Crippen LogP contribution in [0.25, 0.3) is 0 Å². The third kappa shape index (κ3) is 3.74. The number of nitrogens with one attached hydrogen (secondary N) is 1. The number of nitrogens with two attached hydrogens (primary N) is 1. The van der Waals surface area contributed by atoms with E-state index in [0.29, 0.717) is 11.7 Å². The molecule has 0 aliphatic heterocycles. The third-order valence-electron chi connectivity index (χ3n) is 4.65. The summed E-state index contributed by atoms with van der Waals surface area (Å²) in [4.78, 5) is 13.0. The summed E-state index contributed by atoms with van der Waals surface area (Å²) in [6, 6.07) is 4.50. The lowest BCUT2D eigenvalue weighted by molar-refractivity contribution is 0.100. The number of sulfonamides is 1. The topological polar surface area (TPSA) is 108 Å². The van der Waals surface area contributed by atoms with Gasteiger partial charge in [-0.1, -0.05) is 6.92 Å². The van der Waals surface area contributed by atoms with E-state index in [0.717, 1.165) is 29.7 Å². The Morgan fingerprint density at radius 1 is 1.30 bits per heavy atom. The highest BCUT2D eigenvalue weighted by atomic mass is 32.2. The Hall–Kier alpha value is -2.26. The Labute approximate surface area is 162 Å². The highest BCUT2D eigenvalue weighted by molar-refractivity contribution is 7.93. The van der Waals surface area contributed by atoms with Crippen molar-refractivity contribution in [1.29, 1.82) is 0 Å². The highest BCUT2D eigenvalue weighted by Gasteiger charge is 2.30. The predicted molar refractivity (Wildman–Crippen MR) is 104 cm³/mol. The molecule has 0 bridgehead atoms. The van der Waals surface area contributed by atoms with E-state index in [1.54, 1.807) is 6.07 Å². The Morgan fingerprint density at radius 2 is 2.04 bits per heavy atom. The van der Waals surface area contributed by atoms with Gasteiger partial charge in [0.2, 0.25) is 0 Å². The van der Waals surface area contributed by atoms with E-state index in [9.17, 15) is 13.2 Å². The molecule has 0 saturated carbocycles. The maximum absolute atomic E-state index is 13.0. The van der Waals surface area contributed by atoms with Crippen molar-refractivity contribution in [2.45, 2.75) is 31.1 Å². The molecule has 1 atom stereocenters. The molecule has 1 aromatic heterocycles. The van der Waals surface area contributed by atoms with Gasteiger partial charge in [0, 0.05) is 10.9 Å². The van der Waals surface area contributed by atoms with Crippen molar-refractivity contribution in [1.82, 2.24) is 0 Å². The minimum atomic E-state index is -4.01. The fourth-order valence-corrected chi connectivity index (χ4v) is 6.16. The second-order valence-corrected chi connectivity index (χ2v) is 9.30. The molecule has 1 aromatic carbocycles. The van der Waals surface area contributed by atoms with Crippen molar-refractivity contribution in [2.75, 3.05) is 18.9 Å². The molecule has 3 N–H and O–H groups in total. The lowest BCUT2D eigenvalue weighted by Gasteiger charge is -2.18. The first-order valence-electron chi connectivity index (χ1n) is 8.46. The lowest BCUT2D eigenvalue weighted by Crippen LogP contribution is -2.20. The Bertz CT molecular complexity index is 982. The van der Waals surface area contributed by atoms with E-state index in [4.69, 9.17) is 15.2 Å². The number of benzene rings is 1. The summed E-state index contributed by atoms with van der Waals surface area (Å²) in [5.74, 6) is 0.418. The van der Waals surface area contributed by atoms with Gasteiger partial charge < -0.3 is 15.2 Å². The van der Waals surface area contributed by atoms with Gasteiger partial charge >= 0.3 is 0 Å². The van der Waals surface area contributed by atoms with Gasteiger partial charge in [-0.2, -0.15) is 0 Å². The minimum absolute atomic E-state index is 0.0699. The van der Waals surface area contributed by atoms with Crippen molar-refractivity contribution < 1.29 is 22.7 Å². The number of fused-ring (bicyclic) bond motifs is 1. The molecule has 0 fully saturated rings. The van der Waals surface area contributed by atoms with Crippen LogP contribution in [0, 0.1) is 5.92 Å². The van der Waals surface area contributed by atoms with E-state index >= 15 is 0 Å². The maximum atomic E-state index is 13.0. The van der Waals surface area contributed by atoms with Gasteiger partial charge in [-0.05, 0) is 42.9 Å². The molecule has 0 radical (unpaired) electrons. The monoisotopic (exact) mass is 410 g/mol. The Balaban J connectivity index is 2.06. The summed E-state index contributed by atoms with van der Waals surface area (Å²) in [5, 5.41) is 0.256. The van der Waals surface area contributed by atoms with Gasteiger partial charge in [0.1, 0.15) is 21.4 Å². The van der Waals surface area contributed by atoms with Crippen LogP contribution in [0.2, 0.25) is 0 Å². The van der Waals surface area contributed by atoms with Crippen LogP contribution >= 0.6 is 11.3 Å². The third-order valence-corrected chi connectivity index (χ3v) is 7.32. The number of anilines is 1. The number of thiophene rings is 1. The average molecular weight is 411 g/mol. The normalized spacial score (nSPS) is 16.5. The van der Waals surface area contributed by atoms with E-state index in [1.807, 2.05) is 0 Å². The van der Waals surface area contributed by atoms with E-state index in [-0.39, 0.29) is 21.2 Å². The van der Waals surface area contributed by atoms with Crippen LogP contribution in [0.15, 0.2) is 23.1 Å². The number of carbonyl (C=O) groups excluding carboxylic acids is 1. The predicted octanol–water partition coefficient (Wildman–Crippen LogP) is 2.79. The van der Waals surface area contributed by atoms with Gasteiger partial charge in [0.25, 0.3) is 15.9 Å². The van der Waals surface area contributed by atoms with Crippen molar-refractivity contribution in [3.05, 3.63) is 34.2 Å². The molecule has 2 aromatic rings. The number of hydrogen-bond acceptors (Lipinski definition) is 6. The zero-order valence-electron chi connectivity index (χ0n) is 15.4. The summed E-state index contributed by atoms with van der Waals surface area (Å²) in [5.41, 5.74) is 6.70. The lowest BCUT2D eigenvalue weighted by atomic mass is 9.88. The first kappa shape index (κ1) is 19.5. The summed E-state index contributed by atoms with van der Waals surface area (Å²) in [7, 11) is -1.17. The largest absolute Gasteiger partial charge is 0.497 e. The van der Waals surface area contributed by atoms with Crippen LogP contribution in [-0.4, -0.2) is 28.5 Å². The average Bonchev–Trinajstić information content (AvgIpc) is 2.97. The zero-order chi connectivity index (χ0) is 19.8. The fourth-order valence-electron chi connectivity index (χ4n) is 3.25. The van der Waals surface area contributed by atoms with E-state index < -0.39 is 15.9 Å². The van der Waals surface area contributed by atoms with Crippen molar-refractivity contribution >= 4 is 32.3 Å². The zero-order valence-corrected chi connectivity index (χ0v) is 17.0. The molecular weight excluding hydrogens is 388 g/mol. The number of carbonyl (C=O) groups is 1. The number of rotatable bonds is 6. The van der Waals surface area contributed by atoms with Gasteiger partial charge in [-0.3, -0.25) is 9.52 Å². The van der Waals surface area contributed by atoms with Crippen LogP contribution in [0.4, 0.5) is 5.00 Å². The fraction of sp³-hybridized carbons (Fsp3) is 0.389. The van der Waals surface area contributed by atoms with E-state index in [2.05, 4.69) is 11.6 Å². The molecule has 0 spiro atoms. The second kappa shape index (κ2) is 7.40. The van der Waals surface area contributed by atoms with Crippen LogP contribution in [0.1, 0.15) is 34.1 Å². The molecule has 7 nitrogen and oxygen atoms in total. The first-order valence-corrected chi connectivity index (χ1v) is 10.8. The van der Waals surface area contributed by atoms with Crippen LogP contribution < -0.4 is 19.9 Å². The molecule has 1 heterocycles. The quantitative estimate of drug-likeness (QED) is 0.761. The van der Waals surface area contributed by atoms with Gasteiger partial charge in [-0.15, -0.1) is 11.3 Å². The molecule has 27 heavy (non-hydrogen) atoms. The summed E-state index contributed by atoms with van der Waals surface area (Å²) < 4.78 is 38.9. The SMILES string of the molecule is COc1ccc(OC)c(S(=O)(=O)Nc2sc3c(c2C(N)=O)CCC(C)C3)c1. The van der Waals surface area contributed by atoms with Gasteiger partial charge in [0.05, 0.1) is 19.8 Å². The number of amides is 1. The Kier molecular flexibility index (Phi) is 5.34. The first-order chi connectivity index (χ1) is 12.8. The molecule has 9 heteroatoms. The highest BCUT2D eigenvalue weighted by Crippen LogP contribution is 2.41. The van der Waals surface area contributed by atoms with Crippen molar-refractivity contribution in [3.63, 3.8) is 0 Å². The summed E-state index contributed by atoms with van der Waals surface area (Å²) in [6.07, 6.45) is 2.47. The molecule has 1 unspecified atom stereocenters. The number of ether oxygens (including phenoxy) is 2. The molecular formula is C18H22N2O5S2. The van der Waals surface area contributed by atoms with Crippen LogP contribution in [-0.2, 0) is 22.9 Å². The molecule has 1 amide bonds. The van der Waals surface area contributed by atoms with Crippen molar-refractivity contribution in [2.24, 2.45) is 11.7 Å². The molecule has 3 rings (SSSR count). The standard InChI is InChI=1S/C18H22N2O5S2/c1-10-4-6-12-14(8-10)26-18(16(12)17(19)21)20-27(22,23)15-9-11(24-2)5-7-13(15)25-3/h5,7,9-10,20H,4,6,8H2,1-3H3,(H2,19,21). The summed E-state index contributed by atoms with van der Waals surface area (Å²) >= 11 is 1.28. The number of primary amides is 1. The van der Waals surface area contributed by atoms with E-state index in [1.165, 1.54) is 37.7 Å². The van der Waals surface area contributed by atoms with Crippen molar-refractivity contribution in [3.8, 4) is 11.5 Å².